The highest BCUT2D eigenvalue weighted by Crippen LogP contribution is 2.25. The van der Waals surface area contributed by atoms with Gasteiger partial charge in [-0.15, -0.1) is 0 Å². The van der Waals surface area contributed by atoms with Crippen LogP contribution in [-0.4, -0.2) is 36.4 Å². The van der Waals surface area contributed by atoms with Gasteiger partial charge in [-0.1, -0.05) is 37.2 Å². The van der Waals surface area contributed by atoms with Crippen LogP contribution in [-0.2, 0) is 24.4 Å². The van der Waals surface area contributed by atoms with Crippen molar-refractivity contribution < 1.29 is 14.0 Å². The lowest BCUT2D eigenvalue weighted by molar-refractivity contribution is 0.283. The first kappa shape index (κ1) is 26.0. The first-order chi connectivity index (χ1) is 19.0. The second-order valence-electron chi connectivity index (χ2n) is 9.09. The number of hydrogen-bond donors (Lipinski definition) is 1. The highest BCUT2D eigenvalue weighted by atomic mass is 16.5. The zero-order valence-corrected chi connectivity index (χ0v) is 22.1. The molecule has 39 heavy (non-hydrogen) atoms. The SMILES string of the molecule is CCCn1c(=O)c2[nH]c(-c3ccc(OCc4noc(C5=CC=CC=C(OC)C5)n4)cc3)nc2n(CCC)c1=O. The van der Waals surface area contributed by atoms with Gasteiger partial charge in [0.25, 0.3) is 11.4 Å². The number of aromatic amines is 1. The van der Waals surface area contributed by atoms with E-state index in [2.05, 4.69) is 20.1 Å². The summed E-state index contributed by atoms with van der Waals surface area (Å²) in [6, 6.07) is 7.27. The Kier molecular flexibility index (Phi) is 7.57. The minimum atomic E-state index is -0.354. The Labute approximate surface area is 224 Å². The van der Waals surface area contributed by atoms with Crippen LogP contribution in [0.1, 0.15) is 44.8 Å². The van der Waals surface area contributed by atoms with E-state index in [1.807, 2.05) is 50.3 Å². The van der Waals surface area contributed by atoms with Gasteiger partial charge >= 0.3 is 5.69 Å². The van der Waals surface area contributed by atoms with E-state index in [4.69, 9.17) is 14.0 Å². The summed E-state index contributed by atoms with van der Waals surface area (Å²) < 4.78 is 19.5. The van der Waals surface area contributed by atoms with Gasteiger partial charge in [-0.3, -0.25) is 13.9 Å². The van der Waals surface area contributed by atoms with E-state index < -0.39 is 0 Å². The second-order valence-corrected chi connectivity index (χ2v) is 9.09. The van der Waals surface area contributed by atoms with Crippen LogP contribution in [0.15, 0.2) is 68.4 Å². The number of benzene rings is 1. The normalized spacial score (nSPS) is 13.3. The minimum absolute atomic E-state index is 0.129. The fourth-order valence-electron chi connectivity index (χ4n) is 4.38. The number of ether oxygens (including phenoxy) is 2. The molecule has 1 aliphatic rings. The van der Waals surface area contributed by atoms with E-state index in [0.717, 1.165) is 23.3 Å². The van der Waals surface area contributed by atoms with Crippen LogP contribution in [0.3, 0.4) is 0 Å². The molecule has 0 fully saturated rings. The Morgan fingerprint density at radius 2 is 1.74 bits per heavy atom. The maximum Gasteiger partial charge on any atom is 0.332 e. The molecule has 11 nitrogen and oxygen atoms in total. The third-order valence-corrected chi connectivity index (χ3v) is 6.31. The molecule has 0 amide bonds. The standard InChI is InChI=1S/C28H30N6O5/c1-4-14-33-25-23(27(35)34(15-5-2)28(33)36)30-24(31-25)18-10-12-20(13-11-18)38-17-22-29-26(39-32-22)19-8-6-7-9-21(16-19)37-3/h6-13H,4-5,14-17H2,1-3H3,(H,30,31). The Bertz CT molecular complexity index is 1680. The van der Waals surface area contributed by atoms with Crippen LogP contribution in [0.4, 0.5) is 0 Å². The first-order valence-corrected chi connectivity index (χ1v) is 12.9. The molecule has 1 aliphatic carbocycles. The summed E-state index contributed by atoms with van der Waals surface area (Å²) in [6.45, 7) is 4.88. The van der Waals surface area contributed by atoms with Gasteiger partial charge in [-0.2, -0.15) is 4.98 Å². The first-order valence-electron chi connectivity index (χ1n) is 12.9. The Hall–Kier alpha value is -4.67. The van der Waals surface area contributed by atoms with Crippen molar-refractivity contribution in [3.05, 3.63) is 86.9 Å². The summed E-state index contributed by atoms with van der Waals surface area (Å²) in [4.78, 5) is 38.1. The van der Waals surface area contributed by atoms with Crippen molar-refractivity contribution in [2.45, 2.75) is 52.8 Å². The zero-order chi connectivity index (χ0) is 27.4. The number of H-pyrrole nitrogens is 1. The third-order valence-electron chi connectivity index (χ3n) is 6.31. The van der Waals surface area contributed by atoms with Crippen molar-refractivity contribution in [3.63, 3.8) is 0 Å². The molecule has 0 saturated carbocycles. The second kappa shape index (κ2) is 11.4. The molecule has 0 spiro atoms. The molecule has 11 heteroatoms. The Morgan fingerprint density at radius 1 is 1.00 bits per heavy atom. The number of nitrogens with one attached hydrogen (secondary N) is 1. The van der Waals surface area contributed by atoms with E-state index in [1.165, 1.54) is 4.57 Å². The van der Waals surface area contributed by atoms with Gasteiger partial charge in [0.1, 0.15) is 22.8 Å². The topological polar surface area (TPSA) is 130 Å². The van der Waals surface area contributed by atoms with Gasteiger partial charge in [-0.05, 0) is 43.2 Å². The van der Waals surface area contributed by atoms with E-state index >= 15 is 0 Å². The van der Waals surface area contributed by atoms with Crippen molar-refractivity contribution >= 4 is 16.7 Å². The average molecular weight is 531 g/mol. The van der Waals surface area contributed by atoms with Gasteiger partial charge in [0.05, 0.1) is 7.11 Å². The molecule has 1 aromatic carbocycles. The predicted molar refractivity (Wildman–Crippen MR) is 146 cm³/mol. The molecule has 0 atom stereocenters. The number of fused-ring (bicyclic) bond motifs is 1. The molecule has 0 radical (unpaired) electrons. The molecular weight excluding hydrogens is 500 g/mol. The molecule has 1 N–H and O–H groups in total. The van der Waals surface area contributed by atoms with Gasteiger partial charge in [0.2, 0.25) is 5.82 Å². The highest BCUT2D eigenvalue weighted by Gasteiger charge is 2.18. The lowest BCUT2D eigenvalue weighted by Crippen LogP contribution is -2.40. The number of aryl methyl sites for hydroxylation is 1. The molecular formula is C28H30N6O5. The predicted octanol–water partition coefficient (Wildman–Crippen LogP) is 4.21. The molecule has 3 heterocycles. The van der Waals surface area contributed by atoms with Crippen LogP contribution in [0.25, 0.3) is 28.1 Å². The molecule has 4 aromatic rings. The van der Waals surface area contributed by atoms with Crippen molar-refractivity contribution in [2.75, 3.05) is 7.11 Å². The summed E-state index contributed by atoms with van der Waals surface area (Å²) in [7, 11) is 1.63. The van der Waals surface area contributed by atoms with E-state index in [-0.39, 0.29) is 17.9 Å². The van der Waals surface area contributed by atoms with Gasteiger partial charge in [0.15, 0.2) is 12.3 Å². The monoisotopic (exact) mass is 530 g/mol. The van der Waals surface area contributed by atoms with Gasteiger partial charge in [-0.25, -0.2) is 9.78 Å². The van der Waals surface area contributed by atoms with Crippen LogP contribution in [0, 0.1) is 0 Å². The molecule has 5 rings (SSSR count). The van der Waals surface area contributed by atoms with Crippen LogP contribution in [0.2, 0.25) is 0 Å². The lowest BCUT2D eigenvalue weighted by atomic mass is 10.1. The number of imidazole rings is 1. The maximum absolute atomic E-state index is 13.0. The van der Waals surface area contributed by atoms with Crippen LogP contribution in [0.5, 0.6) is 5.75 Å². The summed E-state index contributed by atoms with van der Waals surface area (Å²) in [5.41, 5.74) is 1.63. The van der Waals surface area contributed by atoms with Crippen LogP contribution < -0.4 is 16.0 Å². The summed E-state index contributed by atoms with van der Waals surface area (Å²) in [6.07, 6.45) is 9.58. The number of allylic oxidation sites excluding steroid dienone is 5. The highest BCUT2D eigenvalue weighted by molar-refractivity contribution is 5.75. The van der Waals surface area contributed by atoms with E-state index in [1.54, 1.807) is 23.8 Å². The average Bonchev–Trinajstić information content (AvgIpc) is 3.54. The lowest BCUT2D eigenvalue weighted by Gasteiger charge is -2.09. The number of methoxy groups -OCH3 is 1. The quantitative estimate of drug-likeness (QED) is 0.323. The van der Waals surface area contributed by atoms with Gasteiger partial charge in [0, 0.05) is 30.6 Å². The largest absolute Gasteiger partial charge is 0.501 e. The summed E-state index contributed by atoms with van der Waals surface area (Å²) >= 11 is 0. The Morgan fingerprint density at radius 3 is 2.49 bits per heavy atom. The molecule has 0 saturated heterocycles. The number of aromatic nitrogens is 6. The van der Waals surface area contributed by atoms with Crippen molar-refractivity contribution in [3.8, 4) is 17.1 Å². The van der Waals surface area contributed by atoms with Crippen LogP contribution >= 0.6 is 0 Å². The number of hydrogen-bond acceptors (Lipinski definition) is 8. The number of rotatable bonds is 10. The smallest absolute Gasteiger partial charge is 0.332 e. The Balaban J connectivity index is 1.32. The summed E-state index contributed by atoms with van der Waals surface area (Å²) in [5.74, 6) is 2.75. The molecule has 3 aromatic heterocycles. The van der Waals surface area contributed by atoms with Crippen molar-refractivity contribution in [1.82, 2.24) is 29.2 Å². The van der Waals surface area contributed by atoms with Crippen molar-refractivity contribution in [1.29, 1.82) is 0 Å². The molecule has 0 aliphatic heterocycles. The summed E-state index contributed by atoms with van der Waals surface area (Å²) in [5, 5.41) is 4.03. The fourth-order valence-corrected chi connectivity index (χ4v) is 4.38. The van der Waals surface area contributed by atoms with Gasteiger partial charge < -0.3 is 19.0 Å². The molecule has 202 valence electrons. The minimum Gasteiger partial charge on any atom is -0.501 e. The number of nitrogens with zero attached hydrogens (tertiary/aromatic N) is 5. The third kappa shape index (κ3) is 5.33. The molecule has 0 bridgehead atoms. The molecule has 0 unspecified atom stereocenters. The van der Waals surface area contributed by atoms with Crippen molar-refractivity contribution in [2.24, 2.45) is 0 Å². The van der Waals surface area contributed by atoms with E-state index in [9.17, 15) is 9.59 Å². The fraction of sp³-hybridized carbons (Fsp3) is 0.321. The maximum atomic E-state index is 13.0. The zero-order valence-electron chi connectivity index (χ0n) is 22.1. The van der Waals surface area contributed by atoms with E-state index in [0.29, 0.717) is 60.4 Å².